The van der Waals surface area contributed by atoms with Crippen LogP contribution < -0.4 is 4.90 Å². The first-order chi connectivity index (χ1) is 10.3. The summed E-state index contributed by atoms with van der Waals surface area (Å²) in [5.41, 5.74) is -0.0663. The maximum Gasteiger partial charge on any atom is 0.419 e. The molecular weight excluding hydrogens is 315 g/mol. The quantitative estimate of drug-likeness (QED) is 0.833. The lowest BCUT2D eigenvalue weighted by atomic mass is 10.2. The number of rotatable bonds is 5. The number of nitrogens with zero attached hydrogens (tertiary/aromatic N) is 3. The van der Waals surface area contributed by atoms with Gasteiger partial charge in [0.2, 0.25) is 0 Å². The van der Waals surface area contributed by atoms with Crippen LogP contribution in [0.5, 0.6) is 0 Å². The Hall–Kier alpha value is -1.67. The first-order valence-corrected chi connectivity index (χ1v) is 7.41. The largest absolute Gasteiger partial charge is 0.419 e. The number of hydrogen-bond donors (Lipinski definition) is 0. The van der Waals surface area contributed by atoms with Crippen LogP contribution >= 0.6 is 11.3 Å². The average Bonchev–Trinajstić information content (AvgIpc) is 2.94. The van der Waals surface area contributed by atoms with Gasteiger partial charge < -0.3 is 9.64 Å². The fourth-order valence-electron chi connectivity index (χ4n) is 1.92. The highest BCUT2D eigenvalue weighted by atomic mass is 32.1. The van der Waals surface area contributed by atoms with E-state index in [4.69, 9.17) is 4.74 Å². The van der Waals surface area contributed by atoms with E-state index in [9.17, 15) is 13.2 Å². The molecule has 22 heavy (non-hydrogen) atoms. The minimum Gasteiger partial charge on any atom is -0.375 e. The van der Waals surface area contributed by atoms with Crippen molar-refractivity contribution < 1.29 is 17.9 Å². The zero-order valence-corrected chi connectivity index (χ0v) is 13.2. The van der Waals surface area contributed by atoms with E-state index in [1.165, 1.54) is 28.5 Å². The van der Waals surface area contributed by atoms with E-state index >= 15 is 0 Å². The molecule has 2 aromatic heterocycles. The van der Waals surface area contributed by atoms with E-state index < -0.39 is 11.7 Å². The maximum atomic E-state index is 13.0. The Bertz CT molecular complexity index is 630. The highest BCUT2D eigenvalue weighted by Gasteiger charge is 2.35. The summed E-state index contributed by atoms with van der Waals surface area (Å²) in [7, 11) is 3.15. The highest BCUT2D eigenvalue weighted by Crippen LogP contribution is 2.35. The van der Waals surface area contributed by atoms with E-state index in [2.05, 4.69) is 9.97 Å². The molecule has 0 saturated carbocycles. The monoisotopic (exact) mass is 331 g/mol. The summed E-state index contributed by atoms with van der Waals surface area (Å²) in [4.78, 5) is 9.68. The van der Waals surface area contributed by atoms with Gasteiger partial charge in [-0.25, -0.2) is 9.97 Å². The third kappa shape index (κ3) is 3.75. The van der Waals surface area contributed by atoms with Gasteiger partial charge >= 0.3 is 6.18 Å². The smallest absolute Gasteiger partial charge is 0.375 e. The van der Waals surface area contributed by atoms with Crippen molar-refractivity contribution in [2.45, 2.75) is 25.7 Å². The zero-order chi connectivity index (χ0) is 16.3. The number of alkyl halides is 3. The summed E-state index contributed by atoms with van der Waals surface area (Å²) >= 11 is 1.42. The zero-order valence-electron chi connectivity index (χ0n) is 12.4. The number of halogens is 3. The molecule has 0 spiro atoms. The van der Waals surface area contributed by atoms with Gasteiger partial charge in [-0.1, -0.05) is 0 Å². The Labute approximate surface area is 130 Å². The van der Waals surface area contributed by atoms with Gasteiger partial charge in [-0.3, -0.25) is 0 Å². The molecule has 0 aliphatic carbocycles. The van der Waals surface area contributed by atoms with Crippen LogP contribution in [0.25, 0.3) is 0 Å². The summed E-state index contributed by atoms with van der Waals surface area (Å²) < 4.78 is 44.2. The number of ether oxygens (including phenoxy) is 1. The lowest BCUT2D eigenvalue weighted by Gasteiger charge is -2.21. The predicted molar refractivity (Wildman–Crippen MR) is 78.9 cm³/mol. The molecule has 2 heterocycles. The van der Waals surface area contributed by atoms with E-state index in [1.54, 1.807) is 14.2 Å². The molecule has 1 atom stereocenters. The molecule has 0 N–H and O–H groups in total. The molecule has 0 saturated heterocycles. The van der Waals surface area contributed by atoms with Crippen LogP contribution in [0.15, 0.2) is 23.7 Å². The highest BCUT2D eigenvalue weighted by molar-refractivity contribution is 7.09. The number of aromatic nitrogens is 2. The van der Waals surface area contributed by atoms with Gasteiger partial charge in [-0.2, -0.15) is 13.2 Å². The second-order valence-electron chi connectivity index (χ2n) is 4.78. The van der Waals surface area contributed by atoms with Crippen molar-refractivity contribution in [1.29, 1.82) is 0 Å². The lowest BCUT2D eigenvalue weighted by molar-refractivity contribution is -0.137. The third-order valence-electron chi connectivity index (χ3n) is 3.12. The van der Waals surface area contributed by atoms with Crippen LogP contribution in [-0.4, -0.2) is 24.1 Å². The van der Waals surface area contributed by atoms with Crippen molar-refractivity contribution in [1.82, 2.24) is 9.97 Å². The number of thiazole rings is 1. The molecule has 0 radical (unpaired) electrons. The van der Waals surface area contributed by atoms with Gasteiger partial charge in [0.05, 0.1) is 17.8 Å². The SMILES string of the molecule is COC(C)c1nc(CN(C)c2ncccc2C(F)(F)F)cs1. The molecule has 120 valence electrons. The summed E-state index contributed by atoms with van der Waals surface area (Å²) in [5, 5.41) is 2.61. The van der Waals surface area contributed by atoms with Gasteiger partial charge in [-0.05, 0) is 19.1 Å². The Morgan fingerprint density at radius 3 is 2.77 bits per heavy atom. The van der Waals surface area contributed by atoms with E-state index in [0.717, 1.165) is 11.1 Å². The third-order valence-corrected chi connectivity index (χ3v) is 4.18. The van der Waals surface area contributed by atoms with Gasteiger partial charge in [0.1, 0.15) is 16.9 Å². The van der Waals surface area contributed by atoms with Gasteiger partial charge in [0, 0.05) is 25.7 Å². The van der Waals surface area contributed by atoms with Crippen molar-refractivity contribution in [3.05, 3.63) is 40.0 Å². The second-order valence-corrected chi connectivity index (χ2v) is 5.67. The van der Waals surface area contributed by atoms with Crippen LogP contribution in [0.2, 0.25) is 0 Å². The number of methoxy groups -OCH3 is 1. The topological polar surface area (TPSA) is 38.2 Å². The van der Waals surface area contributed by atoms with Crippen LogP contribution in [0, 0.1) is 0 Å². The molecule has 2 rings (SSSR count). The van der Waals surface area contributed by atoms with E-state index in [1.807, 2.05) is 12.3 Å². The summed E-state index contributed by atoms with van der Waals surface area (Å²) in [6.45, 7) is 2.11. The van der Waals surface area contributed by atoms with Crippen molar-refractivity contribution in [3.8, 4) is 0 Å². The Morgan fingerprint density at radius 1 is 1.41 bits per heavy atom. The molecule has 0 aromatic carbocycles. The fraction of sp³-hybridized carbons (Fsp3) is 0.429. The number of hydrogen-bond acceptors (Lipinski definition) is 5. The summed E-state index contributed by atoms with van der Waals surface area (Å²) in [6, 6.07) is 2.31. The van der Waals surface area contributed by atoms with Crippen LogP contribution in [0.1, 0.15) is 29.3 Å². The molecule has 0 bridgehead atoms. The normalized spacial score (nSPS) is 13.2. The van der Waals surface area contributed by atoms with Crippen LogP contribution in [0.4, 0.5) is 19.0 Å². The number of pyridine rings is 1. The molecule has 4 nitrogen and oxygen atoms in total. The van der Waals surface area contributed by atoms with Gasteiger partial charge in [-0.15, -0.1) is 11.3 Å². The van der Waals surface area contributed by atoms with Crippen molar-refractivity contribution in [3.63, 3.8) is 0 Å². The van der Waals surface area contributed by atoms with Crippen molar-refractivity contribution in [2.75, 3.05) is 19.1 Å². The lowest BCUT2D eigenvalue weighted by Crippen LogP contribution is -2.22. The summed E-state index contributed by atoms with van der Waals surface area (Å²) in [5.74, 6) is -0.107. The minimum absolute atomic E-state index is 0.107. The molecule has 1 unspecified atom stereocenters. The van der Waals surface area contributed by atoms with E-state index in [-0.39, 0.29) is 18.5 Å². The molecule has 0 fully saturated rings. The van der Waals surface area contributed by atoms with E-state index in [0.29, 0.717) is 5.69 Å². The van der Waals surface area contributed by atoms with Crippen molar-refractivity contribution >= 4 is 17.2 Å². The Balaban J connectivity index is 2.19. The second kappa shape index (κ2) is 6.62. The maximum absolute atomic E-state index is 13.0. The summed E-state index contributed by atoms with van der Waals surface area (Å²) in [6.07, 6.45) is -3.22. The standard InChI is InChI=1S/C14H16F3N3OS/c1-9(21-3)13-19-10(8-22-13)7-20(2)12-11(14(15,16)17)5-4-6-18-12/h4-6,8-9H,7H2,1-3H3. The van der Waals surface area contributed by atoms with Crippen LogP contribution in [0.3, 0.4) is 0 Å². The minimum atomic E-state index is -4.43. The Morgan fingerprint density at radius 2 is 2.14 bits per heavy atom. The van der Waals surface area contributed by atoms with Crippen LogP contribution in [-0.2, 0) is 17.5 Å². The molecule has 0 aliphatic heterocycles. The number of anilines is 1. The molecule has 0 aliphatic rings. The molecule has 2 aromatic rings. The average molecular weight is 331 g/mol. The Kier molecular flexibility index (Phi) is 5.02. The predicted octanol–water partition coefficient (Wildman–Crippen LogP) is 3.90. The van der Waals surface area contributed by atoms with Crippen molar-refractivity contribution in [2.24, 2.45) is 0 Å². The molecule has 8 heteroatoms. The van der Waals surface area contributed by atoms with Gasteiger partial charge in [0.25, 0.3) is 0 Å². The first-order valence-electron chi connectivity index (χ1n) is 6.53. The molecular formula is C14H16F3N3OS. The molecule has 0 amide bonds. The fourth-order valence-corrected chi connectivity index (χ4v) is 2.76. The van der Waals surface area contributed by atoms with Gasteiger partial charge in [0.15, 0.2) is 0 Å². The first kappa shape index (κ1) is 16.7.